The van der Waals surface area contributed by atoms with Crippen LogP contribution in [0.1, 0.15) is 19.4 Å². The van der Waals surface area contributed by atoms with E-state index in [0.717, 1.165) is 18.7 Å². The molecule has 0 saturated carbocycles. The van der Waals surface area contributed by atoms with Crippen LogP contribution in [0.4, 0.5) is 0 Å². The lowest BCUT2D eigenvalue weighted by Gasteiger charge is -2.36. The number of benzene rings is 1. The Balaban J connectivity index is 2.25. The molecule has 0 atom stereocenters. The molecule has 1 heterocycles. The minimum absolute atomic E-state index is 0.267. The van der Waals surface area contributed by atoms with Gasteiger partial charge in [-0.2, -0.15) is 4.31 Å². The monoisotopic (exact) mass is 312 g/mol. The predicted octanol–water partition coefficient (Wildman–Crippen LogP) is 1.72. The van der Waals surface area contributed by atoms with Crippen LogP contribution in [-0.4, -0.2) is 57.0 Å². The van der Waals surface area contributed by atoms with E-state index < -0.39 is 10.0 Å². The van der Waals surface area contributed by atoms with Crippen molar-refractivity contribution in [3.8, 4) is 5.75 Å². The molecule has 1 aliphatic rings. The molecule has 0 amide bonds. The number of methoxy groups -OCH3 is 1. The van der Waals surface area contributed by atoms with E-state index in [9.17, 15) is 8.42 Å². The second-order valence-corrected chi connectivity index (χ2v) is 7.59. The fraction of sp³-hybridized carbons (Fsp3) is 0.600. The second kappa shape index (κ2) is 6.34. The fourth-order valence-corrected chi connectivity index (χ4v) is 4.25. The molecule has 6 heteroatoms. The van der Waals surface area contributed by atoms with Gasteiger partial charge in [-0.3, -0.25) is 4.90 Å². The van der Waals surface area contributed by atoms with Gasteiger partial charge in [-0.1, -0.05) is 6.07 Å². The van der Waals surface area contributed by atoms with Crippen LogP contribution in [0.25, 0.3) is 0 Å². The van der Waals surface area contributed by atoms with E-state index >= 15 is 0 Å². The topological polar surface area (TPSA) is 49.9 Å². The molecule has 0 unspecified atom stereocenters. The SMILES string of the molecule is COc1ccc(C)cc1S(=O)(=O)N1CCN(C(C)C)CC1. The number of nitrogens with zero attached hydrogens (tertiary/aromatic N) is 2. The van der Waals surface area contributed by atoms with Crippen LogP contribution < -0.4 is 4.74 Å². The molecular weight excluding hydrogens is 288 g/mol. The van der Waals surface area contributed by atoms with Crippen molar-refractivity contribution in [2.45, 2.75) is 31.7 Å². The van der Waals surface area contributed by atoms with E-state index in [2.05, 4.69) is 18.7 Å². The number of rotatable bonds is 4. The summed E-state index contributed by atoms with van der Waals surface area (Å²) in [6, 6.07) is 5.70. The number of piperazine rings is 1. The Bertz CT molecular complexity index is 591. The molecule has 1 aromatic rings. The Hall–Kier alpha value is -1.11. The summed E-state index contributed by atoms with van der Waals surface area (Å²) in [4.78, 5) is 2.56. The molecule has 0 bridgehead atoms. The van der Waals surface area contributed by atoms with E-state index in [0.29, 0.717) is 24.9 Å². The summed E-state index contributed by atoms with van der Waals surface area (Å²) in [6.07, 6.45) is 0. The zero-order valence-corrected chi connectivity index (χ0v) is 14.0. The highest BCUT2D eigenvalue weighted by molar-refractivity contribution is 7.89. The Morgan fingerprint density at radius 3 is 2.29 bits per heavy atom. The number of hydrogen-bond donors (Lipinski definition) is 0. The average molecular weight is 312 g/mol. The molecule has 2 rings (SSSR count). The zero-order valence-electron chi connectivity index (χ0n) is 13.2. The number of hydrogen-bond acceptors (Lipinski definition) is 4. The first-order chi connectivity index (χ1) is 9.86. The summed E-state index contributed by atoms with van der Waals surface area (Å²) >= 11 is 0. The summed E-state index contributed by atoms with van der Waals surface area (Å²) in [6.45, 7) is 8.74. The second-order valence-electron chi connectivity index (χ2n) is 5.69. The van der Waals surface area contributed by atoms with E-state index in [-0.39, 0.29) is 4.90 Å². The summed E-state index contributed by atoms with van der Waals surface area (Å²) in [5, 5.41) is 0. The minimum atomic E-state index is -3.49. The summed E-state index contributed by atoms with van der Waals surface area (Å²) < 4.78 is 32.4. The Morgan fingerprint density at radius 1 is 1.14 bits per heavy atom. The van der Waals surface area contributed by atoms with Crippen LogP contribution in [0, 0.1) is 6.92 Å². The van der Waals surface area contributed by atoms with Gasteiger partial charge in [0, 0.05) is 32.2 Å². The highest BCUT2D eigenvalue weighted by Gasteiger charge is 2.31. The maximum Gasteiger partial charge on any atom is 0.246 e. The van der Waals surface area contributed by atoms with E-state index in [4.69, 9.17) is 4.74 Å². The standard InChI is InChI=1S/C15H24N2O3S/c1-12(2)16-7-9-17(10-8-16)21(18,19)15-11-13(3)5-6-14(15)20-4/h5-6,11-12H,7-10H2,1-4H3. The lowest BCUT2D eigenvalue weighted by molar-refractivity contribution is 0.154. The molecule has 0 aromatic heterocycles. The Labute approximate surface area is 127 Å². The van der Waals surface area contributed by atoms with Gasteiger partial charge in [0.15, 0.2) is 0 Å². The lowest BCUT2D eigenvalue weighted by Crippen LogP contribution is -2.50. The lowest BCUT2D eigenvalue weighted by atomic mass is 10.2. The van der Waals surface area contributed by atoms with Gasteiger partial charge >= 0.3 is 0 Å². The van der Waals surface area contributed by atoms with Crippen molar-refractivity contribution in [2.24, 2.45) is 0 Å². The van der Waals surface area contributed by atoms with Crippen molar-refractivity contribution < 1.29 is 13.2 Å². The summed E-state index contributed by atoms with van der Waals surface area (Å²) in [7, 11) is -1.99. The maximum absolute atomic E-state index is 12.8. The number of ether oxygens (including phenoxy) is 1. The fourth-order valence-electron chi connectivity index (χ4n) is 2.58. The van der Waals surface area contributed by atoms with Crippen molar-refractivity contribution in [3.63, 3.8) is 0 Å². The van der Waals surface area contributed by atoms with Gasteiger partial charge in [-0.15, -0.1) is 0 Å². The van der Waals surface area contributed by atoms with Gasteiger partial charge in [-0.25, -0.2) is 8.42 Å². The smallest absolute Gasteiger partial charge is 0.246 e. The minimum Gasteiger partial charge on any atom is -0.495 e. The molecule has 0 N–H and O–H groups in total. The van der Waals surface area contributed by atoms with Crippen LogP contribution in [0.2, 0.25) is 0 Å². The van der Waals surface area contributed by atoms with Gasteiger partial charge in [0.25, 0.3) is 0 Å². The Morgan fingerprint density at radius 2 is 1.76 bits per heavy atom. The molecule has 0 spiro atoms. The maximum atomic E-state index is 12.8. The van der Waals surface area contributed by atoms with Gasteiger partial charge in [0.05, 0.1) is 7.11 Å². The molecule has 5 nitrogen and oxygen atoms in total. The van der Waals surface area contributed by atoms with Gasteiger partial charge in [0.2, 0.25) is 10.0 Å². The molecule has 21 heavy (non-hydrogen) atoms. The predicted molar refractivity (Wildman–Crippen MR) is 83.2 cm³/mol. The quantitative estimate of drug-likeness (QED) is 0.849. The number of aryl methyl sites for hydroxylation is 1. The molecule has 1 aromatic carbocycles. The first-order valence-electron chi connectivity index (χ1n) is 7.25. The first-order valence-corrected chi connectivity index (χ1v) is 8.69. The summed E-state index contributed by atoms with van der Waals surface area (Å²) in [5.74, 6) is 0.409. The normalized spacial score (nSPS) is 18.1. The van der Waals surface area contributed by atoms with E-state index in [1.54, 1.807) is 16.4 Å². The van der Waals surface area contributed by atoms with Crippen LogP contribution in [0.3, 0.4) is 0 Å². The van der Waals surface area contributed by atoms with Crippen molar-refractivity contribution in [2.75, 3.05) is 33.3 Å². The molecule has 1 fully saturated rings. The molecule has 118 valence electrons. The van der Waals surface area contributed by atoms with Gasteiger partial charge < -0.3 is 4.74 Å². The first kappa shape index (κ1) is 16.3. The van der Waals surface area contributed by atoms with Crippen molar-refractivity contribution in [1.29, 1.82) is 0 Å². The van der Waals surface area contributed by atoms with Crippen LogP contribution >= 0.6 is 0 Å². The van der Waals surface area contributed by atoms with Crippen LogP contribution in [-0.2, 0) is 10.0 Å². The van der Waals surface area contributed by atoms with Gasteiger partial charge in [-0.05, 0) is 38.5 Å². The van der Waals surface area contributed by atoms with Gasteiger partial charge in [0.1, 0.15) is 10.6 Å². The molecule has 1 aliphatic heterocycles. The molecular formula is C15H24N2O3S. The number of sulfonamides is 1. The zero-order chi connectivity index (χ0) is 15.6. The van der Waals surface area contributed by atoms with E-state index in [1.165, 1.54) is 7.11 Å². The van der Waals surface area contributed by atoms with Crippen molar-refractivity contribution in [3.05, 3.63) is 23.8 Å². The highest BCUT2D eigenvalue weighted by Crippen LogP contribution is 2.28. The molecule has 1 saturated heterocycles. The molecule has 0 radical (unpaired) electrons. The van der Waals surface area contributed by atoms with Crippen LogP contribution in [0.15, 0.2) is 23.1 Å². The summed E-state index contributed by atoms with van der Waals surface area (Å²) in [5.41, 5.74) is 0.912. The van der Waals surface area contributed by atoms with Crippen LogP contribution in [0.5, 0.6) is 5.75 Å². The largest absolute Gasteiger partial charge is 0.495 e. The molecule has 0 aliphatic carbocycles. The van der Waals surface area contributed by atoms with Crippen molar-refractivity contribution in [1.82, 2.24) is 9.21 Å². The average Bonchev–Trinajstić information content (AvgIpc) is 2.47. The third-order valence-corrected chi connectivity index (χ3v) is 5.86. The van der Waals surface area contributed by atoms with Crippen molar-refractivity contribution >= 4 is 10.0 Å². The highest BCUT2D eigenvalue weighted by atomic mass is 32.2. The third kappa shape index (κ3) is 3.39. The van der Waals surface area contributed by atoms with E-state index in [1.807, 2.05) is 13.0 Å². The third-order valence-electron chi connectivity index (χ3n) is 3.94. The Kier molecular flexibility index (Phi) is 4.91.